The van der Waals surface area contributed by atoms with Crippen LogP contribution in [0.25, 0.3) is 10.8 Å². The van der Waals surface area contributed by atoms with E-state index in [9.17, 15) is 9.90 Å². The van der Waals surface area contributed by atoms with E-state index in [-0.39, 0.29) is 31.0 Å². The maximum atomic E-state index is 11.5. The Balaban J connectivity index is 0.00000289. The number of aryl methyl sites for hydroxylation is 1. The summed E-state index contributed by atoms with van der Waals surface area (Å²) in [4.78, 5) is 11.5. The fourth-order valence-corrected chi connectivity index (χ4v) is 4.27. The molecule has 5 nitrogen and oxygen atoms in total. The lowest BCUT2D eigenvalue weighted by atomic mass is 9.88. The molecule has 0 heterocycles. The first-order valence-corrected chi connectivity index (χ1v) is 10.9. The molecule has 4 rings (SSSR count). The van der Waals surface area contributed by atoms with Gasteiger partial charge < -0.3 is 19.9 Å². The molecule has 2 N–H and O–H groups in total. The Morgan fingerprint density at radius 1 is 1.12 bits per heavy atom. The molecule has 0 aromatic heterocycles. The van der Waals surface area contributed by atoms with Gasteiger partial charge in [-0.3, -0.25) is 0 Å². The van der Waals surface area contributed by atoms with Crippen molar-refractivity contribution in [1.29, 1.82) is 0 Å². The molecule has 1 unspecified atom stereocenters. The van der Waals surface area contributed by atoms with Gasteiger partial charge in [-0.25, -0.2) is 4.79 Å². The monoisotopic (exact) mass is 455 g/mol. The third-order valence-electron chi connectivity index (χ3n) is 5.85. The van der Waals surface area contributed by atoms with Gasteiger partial charge in [-0.15, -0.1) is 12.4 Å². The molecule has 0 saturated carbocycles. The molecule has 0 aliphatic heterocycles. The Bertz CT molecular complexity index is 1050. The Hall–Kier alpha value is -2.60. The number of carbonyl (C=O) groups excluding carboxylic acids is 1. The molecule has 0 bridgehead atoms. The Morgan fingerprint density at radius 3 is 2.78 bits per heavy atom. The Labute approximate surface area is 195 Å². The lowest BCUT2D eigenvalue weighted by Gasteiger charge is -2.27. The third-order valence-corrected chi connectivity index (χ3v) is 5.85. The quantitative estimate of drug-likeness (QED) is 0.493. The number of aliphatic hydroxyl groups excluding tert-OH is 1. The molecule has 6 heteroatoms. The topological polar surface area (TPSA) is 67.8 Å². The van der Waals surface area contributed by atoms with Gasteiger partial charge in [0, 0.05) is 12.6 Å². The largest absolute Gasteiger partial charge is 0.482 e. The highest BCUT2D eigenvalue weighted by atomic mass is 35.5. The van der Waals surface area contributed by atoms with Crippen molar-refractivity contribution in [3.05, 3.63) is 77.4 Å². The number of hydrogen-bond acceptors (Lipinski definition) is 5. The van der Waals surface area contributed by atoms with Crippen molar-refractivity contribution in [3.63, 3.8) is 0 Å². The third kappa shape index (κ3) is 5.80. The lowest BCUT2D eigenvalue weighted by molar-refractivity contribution is -0.145. The summed E-state index contributed by atoms with van der Waals surface area (Å²) >= 11 is 0. The number of ether oxygens (including phenoxy) is 2. The van der Waals surface area contributed by atoms with E-state index in [1.807, 2.05) is 36.4 Å². The highest BCUT2D eigenvalue weighted by Gasteiger charge is 2.21. The second-order valence-corrected chi connectivity index (χ2v) is 7.96. The van der Waals surface area contributed by atoms with E-state index in [2.05, 4.69) is 29.6 Å². The van der Waals surface area contributed by atoms with Crippen molar-refractivity contribution in [2.24, 2.45) is 0 Å². The molecule has 2 atom stereocenters. The molecule has 1 aliphatic rings. The van der Waals surface area contributed by atoms with Gasteiger partial charge in [0.1, 0.15) is 5.75 Å². The van der Waals surface area contributed by atoms with Gasteiger partial charge in [0.25, 0.3) is 0 Å². The fourth-order valence-electron chi connectivity index (χ4n) is 4.27. The predicted molar refractivity (Wildman–Crippen MR) is 129 cm³/mol. The first kappa shape index (κ1) is 24.1. The molecule has 0 spiro atoms. The van der Waals surface area contributed by atoms with Gasteiger partial charge in [-0.1, -0.05) is 48.5 Å². The summed E-state index contributed by atoms with van der Waals surface area (Å²) in [5.74, 6) is 0.324. The molecular weight excluding hydrogens is 426 g/mol. The molecule has 0 radical (unpaired) electrons. The normalized spacial score (nSPS) is 16.0. The highest BCUT2D eigenvalue weighted by Crippen LogP contribution is 2.27. The van der Waals surface area contributed by atoms with Gasteiger partial charge in [-0.2, -0.15) is 0 Å². The summed E-state index contributed by atoms with van der Waals surface area (Å²) in [6.07, 6.45) is 2.31. The minimum atomic E-state index is -0.563. The van der Waals surface area contributed by atoms with Crippen LogP contribution in [-0.2, 0) is 22.4 Å². The fraction of sp³-hybridized carbons (Fsp3) is 0.346. The van der Waals surface area contributed by atoms with E-state index in [4.69, 9.17) is 9.47 Å². The van der Waals surface area contributed by atoms with E-state index in [1.54, 1.807) is 6.92 Å². The number of fused-ring (bicyclic) bond motifs is 2. The molecule has 0 saturated heterocycles. The van der Waals surface area contributed by atoms with E-state index in [0.29, 0.717) is 18.9 Å². The van der Waals surface area contributed by atoms with E-state index >= 15 is 0 Å². The molecule has 3 aromatic carbocycles. The van der Waals surface area contributed by atoms with Gasteiger partial charge in [0.2, 0.25) is 0 Å². The van der Waals surface area contributed by atoms with Crippen molar-refractivity contribution in [2.75, 3.05) is 19.8 Å². The smallest absolute Gasteiger partial charge is 0.344 e. The number of rotatable bonds is 8. The van der Waals surface area contributed by atoms with Crippen LogP contribution in [0.3, 0.4) is 0 Å². The van der Waals surface area contributed by atoms with Crippen molar-refractivity contribution in [1.82, 2.24) is 5.32 Å². The zero-order valence-corrected chi connectivity index (χ0v) is 19.1. The van der Waals surface area contributed by atoms with Crippen LogP contribution in [0.1, 0.15) is 36.1 Å². The summed E-state index contributed by atoms with van der Waals surface area (Å²) in [5.41, 5.74) is 3.50. The minimum Gasteiger partial charge on any atom is -0.482 e. The van der Waals surface area contributed by atoms with Gasteiger partial charge in [0.15, 0.2) is 6.61 Å². The summed E-state index contributed by atoms with van der Waals surface area (Å²) in [5, 5.41) is 16.6. The number of esters is 1. The van der Waals surface area contributed by atoms with E-state index < -0.39 is 6.10 Å². The second-order valence-electron chi connectivity index (χ2n) is 7.96. The van der Waals surface area contributed by atoms with Crippen LogP contribution in [0, 0.1) is 0 Å². The number of aliphatic hydroxyl groups is 1. The zero-order valence-electron chi connectivity index (χ0n) is 18.3. The van der Waals surface area contributed by atoms with Gasteiger partial charge in [0.05, 0.1) is 12.7 Å². The van der Waals surface area contributed by atoms with Crippen molar-refractivity contribution in [2.45, 2.75) is 38.3 Å². The van der Waals surface area contributed by atoms with Crippen molar-refractivity contribution >= 4 is 29.1 Å². The summed E-state index contributed by atoms with van der Waals surface area (Å²) in [7, 11) is 0. The molecule has 0 fully saturated rings. The molecule has 3 aromatic rings. The average Bonchev–Trinajstić information content (AvgIpc) is 2.80. The van der Waals surface area contributed by atoms with Crippen LogP contribution < -0.4 is 10.1 Å². The van der Waals surface area contributed by atoms with Crippen LogP contribution in [0.15, 0.2) is 60.7 Å². The van der Waals surface area contributed by atoms with Crippen LogP contribution in [-0.4, -0.2) is 36.9 Å². The number of halogens is 1. The van der Waals surface area contributed by atoms with E-state index in [0.717, 1.165) is 35.6 Å². The molecule has 32 heavy (non-hydrogen) atoms. The van der Waals surface area contributed by atoms with Crippen LogP contribution >= 0.6 is 12.4 Å². The molecular formula is C26H30ClNO4. The van der Waals surface area contributed by atoms with Crippen molar-refractivity contribution < 1.29 is 19.4 Å². The van der Waals surface area contributed by atoms with Crippen LogP contribution in [0.2, 0.25) is 0 Å². The van der Waals surface area contributed by atoms with E-state index in [1.165, 1.54) is 11.1 Å². The molecule has 170 valence electrons. The summed E-state index contributed by atoms with van der Waals surface area (Å²) < 4.78 is 10.5. The lowest BCUT2D eigenvalue weighted by Crippen LogP contribution is -2.37. The number of carbonyl (C=O) groups is 1. The standard InChI is InChI=1S/C26H29NO4.ClH/c1-2-30-26(29)17-31-22-13-11-18-10-12-21(14-20(18)15-22)27-16-25(28)24-9-5-7-19-6-3-4-8-23(19)24;/h3-9,11,13,15,21,25,27-28H,2,10,12,14,16-17H2,1H3;1H/t21?,25-;/m1./s1. The first-order chi connectivity index (χ1) is 15.1. The maximum Gasteiger partial charge on any atom is 0.344 e. The number of nitrogens with one attached hydrogen (secondary N) is 1. The minimum absolute atomic E-state index is 0. The van der Waals surface area contributed by atoms with Crippen molar-refractivity contribution in [3.8, 4) is 5.75 Å². The van der Waals surface area contributed by atoms with Crippen LogP contribution in [0.5, 0.6) is 5.75 Å². The first-order valence-electron chi connectivity index (χ1n) is 10.9. The number of hydrogen-bond donors (Lipinski definition) is 2. The summed E-state index contributed by atoms with van der Waals surface area (Å²) in [6, 6.07) is 20.5. The summed E-state index contributed by atoms with van der Waals surface area (Å²) in [6.45, 7) is 2.56. The maximum absolute atomic E-state index is 11.5. The Kier molecular flexibility index (Phi) is 8.51. The second kappa shape index (κ2) is 11.3. The predicted octanol–water partition coefficient (Wildman–Crippen LogP) is 4.38. The zero-order chi connectivity index (χ0) is 21.6. The SMILES string of the molecule is CCOC(=O)COc1ccc2c(c1)CC(NC[C@@H](O)c1cccc3ccccc13)CC2.Cl. The van der Waals surface area contributed by atoms with Gasteiger partial charge in [-0.05, 0) is 65.8 Å². The van der Waals surface area contributed by atoms with Gasteiger partial charge >= 0.3 is 5.97 Å². The van der Waals surface area contributed by atoms with Crippen LogP contribution in [0.4, 0.5) is 0 Å². The number of benzene rings is 3. The molecule has 1 aliphatic carbocycles. The average molecular weight is 456 g/mol. The highest BCUT2D eigenvalue weighted by molar-refractivity contribution is 5.86. The molecule has 0 amide bonds. The Morgan fingerprint density at radius 2 is 1.94 bits per heavy atom.